The van der Waals surface area contributed by atoms with Gasteiger partial charge in [0, 0.05) is 20.1 Å². The highest BCUT2D eigenvalue weighted by Crippen LogP contribution is 2.13. The molecule has 0 radical (unpaired) electrons. The number of hydrogen-bond acceptors (Lipinski definition) is 3. The fourth-order valence-electron chi connectivity index (χ4n) is 2.98. The summed E-state index contributed by atoms with van der Waals surface area (Å²) < 4.78 is 5.58. The quantitative estimate of drug-likeness (QED) is 0.320. The Morgan fingerprint density at radius 1 is 0.840 bits per heavy atom. The zero-order chi connectivity index (χ0) is 18.6. The van der Waals surface area contributed by atoms with Gasteiger partial charge in [0.25, 0.3) is 0 Å². The summed E-state index contributed by atoms with van der Waals surface area (Å²) in [4.78, 5) is 10.8. The summed E-state index contributed by atoms with van der Waals surface area (Å²) in [5, 5.41) is 11.9. The van der Waals surface area contributed by atoms with E-state index in [2.05, 4.69) is 12.2 Å². The molecule has 0 aromatic carbocycles. The van der Waals surface area contributed by atoms with Crippen molar-refractivity contribution in [1.82, 2.24) is 5.32 Å². The third-order valence-corrected chi connectivity index (χ3v) is 4.63. The first kappa shape index (κ1) is 24.4. The average Bonchev–Trinajstić information content (AvgIpc) is 2.60. The van der Waals surface area contributed by atoms with Gasteiger partial charge >= 0.3 is 0 Å². The number of carbonyl (C=O) groups excluding carboxylic acids is 1. The predicted octanol–water partition coefficient (Wildman–Crippen LogP) is 4.98. The van der Waals surface area contributed by atoms with Crippen LogP contribution in [0.4, 0.5) is 0 Å². The molecule has 0 aromatic heterocycles. The van der Waals surface area contributed by atoms with Gasteiger partial charge in [-0.05, 0) is 6.42 Å². The van der Waals surface area contributed by atoms with Crippen LogP contribution in [0.15, 0.2) is 0 Å². The molecule has 0 aliphatic rings. The summed E-state index contributed by atoms with van der Waals surface area (Å²) in [5.74, 6) is -0.0847. The Bertz CT molecular complexity index is 284. The summed E-state index contributed by atoms with van der Waals surface area (Å²) in [6.45, 7) is 4.77. The van der Waals surface area contributed by atoms with E-state index < -0.39 is 0 Å². The maximum absolute atomic E-state index is 10.8. The lowest BCUT2D eigenvalue weighted by Crippen LogP contribution is -2.34. The van der Waals surface area contributed by atoms with E-state index in [0.717, 1.165) is 6.42 Å². The molecule has 0 fully saturated rings. The van der Waals surface area contributed by atoms with Crippen molar-refractivity contribution < 1.29 is 14.6 Å². The van der Waals surface area contributed by atoms with Crippen LogP contribution in [0, 0.1) is 0 Å². The van der Waals surface area contributed by atoms with Crippen LogP contribution in [0.2, 0.25) is 0 Å². The van der Waals surface area contributed by atoms with Crippen LogP contribution in [0.1, 0.15) is 104 Å². The number of aliphatic hydroxyl groups is 1. The summed E-state index contributed by atoms with van der Waals surface area (Å²) in [5.41, 5.74) is 0. The van der Waals surface area contributed by atoms with E-state index >= 15 is 0 Å². The van der Waals surface area contributed by atoms with Crippen LogP contribution in [0.5, 0.6) is 0 Å². The molecule has 1 unspecified atom stereocenters. The molecule has 0 rings (SSSR count). The van der Waals surface area contributed by atoms with Crippen LogP contribution in [0.3, 0.4) is 0 Å². The molecule has 0 aliphatic heterocycles. The van der Waals surface area contributed by atoms with Gasteiger partial charge < -0.3 is 15.2 Å². The van der Waals surface area contributed by atoms with Gasteiger partial charge in [-0.3, -0.25) is 4.79 Å². The van der Waals surface area contributed by atoms with E-state index in [-0.39, 0.29) is 18.6 Å². The topological polar surface area (TPSA) is 58.6 Å². The maximum Gasteiger partial charge on any atom is 0.216 e. The van der Waals surface area contributed by atoms with Gasteiger partial charge in [0.1, 0.15) is 0 Å². The zero-order valence-electron chi connectivity index (χ0n) is 16.9. The lowest BCUT2D eigenvalue weighted by Gasteiger charge is -2.15. The van der Waals surface area contributed by atoms with Crippen molar-refractivity contribution in [3.8, 4) is 0 Å². The van der Waals surface area contributed by atoms with Crippen LogP contribution in [-0.4, -0.2) is 36.9 Å². The smallest absolute Gasteiger partial charge is 0.216 e. The van der Waals surface area contributed by atoms with Gasteiger partial charge in [0.05, 0.1) is 12.7 Å². The second kappa shape index (κ2) is 19.7. The molecule has 25 heavy (non-hydrogen) atoms. The minimum Gasteiger partial charge on any atom is -0.394 e. The molecule has 0 saturated heterocycles. The number of aliphatic hydroxyl groups excluding tert-OH is 1. The second-order valence-electron chi connectivity index (χ2n) is 7.21. The van der Waals surface area contributed by atoms with E-state index in [9.17, 15) is 9.90 Å². The van der Waals surface area contributed by atoms with Crippen molar-refractivity contribution in [2.75, 3.05) is 19.8 Å². The van der Waals surface area contributed by atoms with Crippen LogP contribution < -0.4 is 5.32 Å². The molecule has 0 aliphatic carbocycles. The van der Waals surface area contributed by atoms with Crippen molar-refractivity contribution in [2.24, 2.45) is 0 Å². The van der Waals surface area contributed by atoms with E-state index in [1.807, 2.05) is 0 Å². The first-order chi connectivity index (χ1) is 12.2. The highest BCUT2D eigenvalue weighted by molar-refractivity contribution is 5.72. The Labute approximate surface area is 156 Å². The fraction of sp³-hybridized carbons (Fsp3) is 0.952. The highest BCUT2D eigenvalue weighted by atomic mass is 16.5. The SMILES string of the molecule is CCCCCCCCCCCCCCCCOC(CO)CNC(C)=O. The van der Waals surface area contributed by atoms with E-state index in [1.165, 1.54) is 90.4 Å². The third kappa shape index (κ3) is 19.6. The van der Waals surface area contributed by atoms with Crippen molar-refractivity contribution in [3.63, 3.8) is 0 Å². The number of nitrogens with one attached hydrogen (secondary N) is 1. The molecule has 4 heteroatoms. The van der Waals surface area contributed by atoms with Crippen LogP contribution >= 0.6 is 0 Å². The number of amides is 1. The molecule has 0 heterocycles. The molecule has 0 aromatic rings. The lowest BCUT2D eigenvalue weighted by atomic mass is 10.0. The molecule has 0 bridgehead atoms. The van der Waals surface area contributed by atoms with Gasteiger partial charge in [0.2, 0.25) is 5.91 Å². The maximum atomic E-state index is 10.8. The Morgan fingerprint density at radius 3 is 1.68 bits per heavy atom. The number of hydrogen-bond donors (Lipinski definition) is 2. The molecule has 1 atom stereocenters. The zero-order valence-corrected chi connectivity index (χ0v) is 16.9. The summed E-state index contributed by atoms with van der Waals surface area (Å²) in [7, 11) is 0. The third-order valence-electron chi connectivity index (χ3n) is 4.63. The van der Waals surface area contributed by atoms with E-state index in [0.29, 0.717) is 13.2 Å². The minimum atomic E-state index is -0.272. The highest BCUT2D eigenvalue weighted by Gasteiger charge is 2.07. The molecule has 150 valence electrons. The lowest BCUT2D eigenvalue weighted by molar-refractivity contribution is -0.119. The fourth-order valence-corrected chi connectivity index (χ4v) is 2.98. The Morgan fingerprint density at radius 2 is 1.28 bits per heavy atom. The Hall–Kier alpha value is -0.610. The van der Waals surface area contributed by atoms with Crippen molar-refractivity contribution in [3.05, 3.63) is 0 Å². The molecule has 0 spiro atoms. The minimum absolute atomic E-state index is 0.0428. The molecular formula is C21H43NO3. The second-order valence-corrected chi connectivity index (χ2v) is 7.21. The van der Waals surface area contributed by atoms with Crippen LogP contribution in [0.25, 0.3) is 0 Å². The van der Waals surface area contributed by atoms with Crippen molar-refractivity contribution in [1.29, 1.82) is 0 Å². The largest absolute Gasteiger partial charge is 0.394 e. The molecular weight excluding hydrogens is 314 g/mol. The van der Waals surface area contributed by atoms with Gasteiger partial charge in [-0.15, -0.1) is 0 Å². The number of unbranched alkanes of at least 4 members (excludes halogenated alkanes) is 13. The molecule has 2 N–H and O–H groups in total. The standard InChI is InChI=1S/C21H43NO3/c1-3-4-5-6-7-8-9-10-11-12-13-14-15-16-17-25-21(19-23)18-22-20(2)24/h21,23H,3-19H2,1-2H3,(H,22,24). The first-order valence-corrected chi connectivity index (χ1v) is 10.7. The Kier molecular flexibility index (Phi) is 19.2. The monoisotopic (exact) mass is 357 g/mol. The van der Waals surface area contributed by atoms with Crippen molar-refractivity contribution >= 4 is 5.91 Å². The number of carbonyl (C=O) groups is 1. The van der Waals surface area contributed by atoms with Crippen molar-refractivity contribution in [2.45, 2.75) is 110 Å². The van der Waals surface area contributed by atoms with E-state index in [4.69, 9.17) is 4.74 Å². The summed E-state index contributed by atoms with van der Waals surface area (Å²) in [6, 6.07) is 0. The normalized spacial score (nSPS) is 12.3. The molecule has 1 amide bonds. The number of rotatable bonds is 19. The molecule has 4 nitrogen and oxygen atoms in total. The first-order valence-electron chi connectivity index (χ1n) is 10.7. The van der Waals surface area contributed by atoms with Gasteiger partial charge in [-0.2, -0.15) is 0 Å². The average molecular weight is 358 g/mol. The predicted molar refractivity (Wildman–Crippen MR) is 106 cm³/mol. The van der Waals surface area contributed by atoms with Gasteiger partial charge in [0.15, 0.2) is 0 Å². The van der Waals surface area contributed by atoms with Gasteiger partial charge in [-0.25, -0.2) is 0 Å². The van der Waals surface area contributed by atoms with E-state index in [1.54, 1.807) is 0 Å². The summed E-state index contributed by atoms with van der Waals surface area (Å²) in [6.07, 6.45) is 18.6. The summed E-state index contributed by atoms with van der Waals surface area (Å²) >= 11 is 0. The Balaban J connectivity index is 3.19. The van der Waals surface area contributed by atoms with Gasteiger partial charge in [-0.1, -0.05) is 90.4 Å². The van der Waals surface area contributed by atoms with Crippen LogP contribution in [-0.2, 0) is 9.53 Å². The molecule has 0 saturated carbocycles. The number of ether oxygens (including phenoxy) is 1.